The van der Waals surface area contributed by atoms with Gasteiger partial charge in [0.15, 0.2) is 0 Å². The highest BCUT2D eigenvalue weighted by Gasteiger charge is 2.20. The summed E-state index contributed by atoms with van der Waals surface area (Å²) in [7, 11) is 3.43. The summed E-state index contributed by atoms with van der Waals surface area (Å²) < 4.78 is 11.7. The van der Waals surface area contributed by atoms with Crippen molar-refractivity contribution in [3.8, 4) is 5.75 Å². The number of methoxy groups -OCH3 is 1. The van der Waals surface area contributed by atoms with Crippen molar-refractivity contribution >= 4 is 22.0 Å². The second-order valence-electron chi connectivity index (χ2n) is 7.05. The highest BCUT2D eigenvalue weighted by atomic mass is 79.9. The van der Waals surface area contributed by atoms with E-state index in [-0.39, 0.29) is 6.09 Å². The molecule has 0 bridgehead atoms. The first-order valence-electron chi connectivity index (χ1n) is 8.09. The van der Waals surface area contributed by atoms with Gasteiger partial charge in [0.05, 0.1) is 7.11 Å². The lowest BCUT2D eigenvalue weighted by molar-refractivity contribution is 0.0277. The van der Waals surface area contributed by atoms with Crippen LogP contribution in [0.3, 0.4) is 0 Å². The molecule has 6 heteroatoms. The summed E-state index contributed by atoms with van der Waals surface area (Å²) in [4.78, 5) is 13.6. The number of hydrogen-bond donors (Lipinski definition) is 1. The van der Waals surface area contributed by atoms with Gasteiger partial charge in [-0.25, -0.2) is 4.79 Å². The van der Waals surface area contributed by atoms with Crippen molar-refractivity contribution in [2.24, 2.45) is 5.92 Å². The number of carbonyl (C=O) groups is 1. The third kappa shape index (κ3) is 7.53. The van der Waals surface area contributed by atoms with E-state index in [0.717, 1.165) is 28.9 Å². The van der Waals surface area contributed by atoms with E-state index in [0.29, 0.717) is 12.5 Å². The molecule has 0 saturated heterocycles. The fourth-order valence-corrected chi connectivity index (χ4v) is 2.60. The van der Waals surface area contributed by atoms with E-state index in [1.165, 1.54) is 0 Å². The summed E-state index contributed by atoms with van der Waals surface area (Å²) in [6, 6.07) is 5.91. The van der Waals surface area contributed by atoms with Gasteiger partial charge in [-0.2, -0.15) is 0 Å². The Balaban J connectivity index is 2.41. The third-order valence-electron chi connectivity index (χ3n) is 3.35. The first-order chi connectivity index (χ1) is 11.1. The predicted molar refractivity (Wildman–Crippen MR) is 100 cm³/mol. The van der Waals surface area contributed by atoms with Gasteiger partial charge in [-0.3, -0.25) is 0 Å². The van der Waals surface area contributed by atoms with Crippen LogP contribution < -0.4 is 10.1 Å². The molecule has 0 aliphatic carbocycles. The van der Waals surface area contributed by atoms with E-state index >= 15 is 0 Å². The molecule has 0 saturated carbocycles. The van der Waals surface area contributed by atoms with Gasteiger partial charge in [-0.15, -0.1) is 0 Å². The zero-order valence-corrected chi connectivity index (χ0v) is 17.1. The van der Waals surface area contributed by atoms with E-state index in [2.05, 4.69) is 28.2 Å². The van der Waals surface area contributed by atoms with Crippen molar-refractivity contribution in [2.45, 2.75) is 39.8 Å². The fraction of sp³-hybridized carbons (Fsp3) is 0.611. The maximum absolute atomic E-state index is 12.0. The molecular weight excluding hydrogens is 372 g/mol. The molecule has 5 nitrogen and oxygen atoms in total. The summed E-state index contributed by atoms with van der Waals surface area (Å²) >= 11 is 3.55. The Bertz CT molecular complexity index is 544. The van der Waals surface area contributed by atoms with Gasteiger partial charge in [0.1, 0.15) is 11.4 Å². The maximum atomic E-state index is 12.0. The van der Waals surface area contributed by atoms with Crippen LogP contribution in [0.15, 0.2) is 22.7 Å². The molecule has 0 aliphatic rings. The predicted octanol–water partition coefficient (Wildman–Crippen LogP) is 4.05. The van der Waals surface area contributed by atoms with Crippen molar-refractivity contribution in [3.63, 3.8) is 0 Å². The Morgan fingerprint density at radius 2 is 2.04 bits per heavy atom. The lowest BCUT2D eigenvalue weighted by Gasteiger charge is -2.26. The Hall–Kier alpha value is -1.27. The van der Waals surface area contributed by atoms with Crippen molar-refractivity contribution in [1.29, 1.82) is 0 Å². The first kappa shape index (κ1) is 20.8. The smallest absolute Gasteiger partial charge is 0.410 e. The maximum Gasteiger partial charge on any atom is 0.410 e. The van der Waals surface area contributed by atoms with E-state index in [1.54, 1.807) is 19.1 Å². The Morgan fingerprint density at radius 3 is 2.62 bits per heavy atom. The first-order valence-corrected chi connectivity index (χ1v) is 8.89. The second-order valence-corrected chi connectivity index (χ2v) is 7.91. The monoisotopic (exact) mass is 400 g/mol. The van der Waals surface area contributed by atoms with Crippen molar-refractivity contribution in [1.82, 2.24) is 10.2 Å². The summed E-state index contributed by atoms with van der Waals surface area (Å²) in [5.74, 6) is 1.15. The zero-order chi connectivity index (χ0) is 18.3. The van der Waals surface area contributed by atoms with E-state index < -0.39 is 5.60 Å². The van der Waals surface area contributed by atoms with Gasteiger partial charge in [-0.1, -0.05) is 22.9 Å². The van der Waals surface area contributed by atoms with Crippen LogP contribution in [-0.2, 0) is 11.3 Å². The molecule has 1 amide bonds. The molecule has 1 aromatic rings. The largest absolute Gasteiger partial charge is 0.497 e. The average Bonchev–Trinajstić information content (AvgIpc) is 2.47. The lowest BCUT2D eigenvalue weighted by Crippen LogP contribution is -2.38. The Kier molecular flexibility index (Phi) is 8.03. The molecule has 24 heavy (non-hydrogen) atoms. The van der Waals surface area contributed by atoms with Crippen molar-refractivity contribution in [2.75, 3.05) is 27.2 Å². The Morgan fingerprint density at radius 1 is 1.38 bits per heavy atom. The van der Waals surface area contributed by atoms with Gasteiger partial charge in [-0.05, 0) is 57.0 Å². The number of nitrogens with zero attached hydrogens (tertiary/aromatic N) is 1. The van der Waals surface area contributed by atoms with Crippen LogP contribution in [0.1, 0.15) is 33.3 Å². The number of amides is 1. The van der Waals surface area contributed by atoms with Gasteiger partial charge >= 0.3 is 6.09 Å². The van der Waals surface area contributed by atoms with E-state index in [1.807, 2.05) is 39.0 Å². The normalized spacial score (nSPS) is 12.6. The minimum absolute atomic E-state index is 0.287. The number of ether oxygens (including phenoxy) is 2. The van der Waals surface area contributed by atoms with Crippen molar-refractivity contribution < 1.29 is 14.3 Å². The van der Waals surface area contributed by atoms with Crippen LogP contribution in [0.5, 0.6) is 5.75 Å². The van der Waals surface area contributed by atoms with Crippen LogP contribution in [0, 0.1) is 5.92 Å². The molecular formula is C18H29BrN2O3. The molecule has 0 spiro atoms. The molecule has 0 heterocycles. The van der Waals surface area contributed by atoms with Crippen LogP contribution in [0.2, 0.25) is 0 Å². The molecule has 1 N–H and O–H groups in total. The molecule has 0 aliphatic heterocycles. The molecule has 1 atom stereocenters. The molecule has 0 fully saturated rings. The van der Waals surface area contributed by atoms with Crippen LogP contribution in [0.4, 0.5) is 4.79 Å². The summed E-state index contributed by atoms with van der Waals surface area (Å²) in [5.41, 5.74) is 0.674. The topological polar surface area (TPSA) is 50.8 Å². The van der Waals surface area contributed by atoms with Crippen molar-refractivity contribution in [3.05, 3.63) is 28.2 Å². The summed E-state index contributed by atoms with van der Waals surface area (Å²) in [6.07, 6.45) is -0.287. The van der Waals surface area contributed by atoms with Crippen LogP contribution in [0.25, 0.3) is 0 Å². The highest BCUT2D eigenvalue weighted by molar-refractivity contribution is 9.10. The van der Waals surface area contributed by atoms with Crippen LogP contribution >= 0.6 is 15.9 Å². The standard InChI is InChI=1S/C18H29BrN2O3/c1-13(12-21(5)17(22)24-18(2,3)4)10-20-11-14-9-15(23-6)7-8-16(14)19/h7-9,13,20H,10-12H2,1-6H3. The minimum Gasteiger partial charge on any atom is -0.497 e. The number of benzene rings is 1. The number of halogens is 1. The van der Waals surface area contributed by atoms with Crippen LogP contribution in [-0.4, -0.2) is 43.8 Å². The highest BCUT2D eigenvalue weighted by Crippen LogP contribution is 2.22. The Labute approximate surface area is 153 Å². The number of rotatable bonds is 7. The SMILES string of the molecule is COc1ccc(Br)c(CNCC(C)CN(C)C(=O)OC(C)(C)C)c1. The summed E-state index contributed by atoms with van der Waals surface area (Å²) in [6.45, 7) is 9.89. The number of hydrogen-bond acceptors (Lipinski definition) is 4. The number of nitrogens with one attached hydrogen (secondary N) is 1. The molecule has 1 rings (SSSR count). The van der Waals surface area contributed by atoms with Gasteiger partial charge in [0, 0.05) is 24.6 Å². The van der Waals surface area contributed by atoms with E-state index in [9.17, 15) is 4.79 Å². The zero-order valence-electron chi connectivity index (χ0n) is 15.5. The molecule has 136 valence electrons. The van der Waals surface area contributed by atoms with Gasteiger partial charge < -0.3 is 19.7 Å². The van der Waals surface area contributed by atoms with Gasteiger partial charge in [0.2, 0.25) is 0 Å². The van der Waals surface area contributed by atoms with E-state index in [4.69, 9.17) is 9.47 Å². The second kappa shape index (κ2) is 9.28. The molecule has 0 radical (unpaired) electrons. The fourth-order valence-electron chi connectivity index (χ4n) is 2.21. The average molecular weight is 401 g/mol. The quantitative estimate of drug-likeness (QED) is 0.749. The lowest BCUT2D eigenvalue weighted by atomic mass is 10.1. The third-order valence-corrected chi connectivity index (χ3v) is 4.13. The molecule has 0 aromatic heterocycles. The minimum atomic E-state index is -0.467. The molecule has 1 aromatic carbocycles. The molecule has 1 unspecified atom stereocenters. The number of carbonyl (C=O) groups excluding carboxylic acids is 1. The summed E-state index contributed by atoms with van der Waals surface area (Å²) in [5, 5.41) is 3.42. The van der Waals surface area contributed by atoms with Gasteiger partial charge in [0.25, 0.3) is 0 Å².